The highest BCUT2D eigenvalue weighted by molar-refractivity contribution is 5.89. The molecular formula is C14H19NO5. The molecule has 6 nitrogen and oxygen atoms in total. The van der Waals surface area contributed by atoms with Gasteiger partial charge in [-0.2, -0.15) is 0 Å². The number of amides is 1. The van der Waals surface area contributed by atoms with Crippen molar-refractivity contribution in [2.45, 2.75) is 25.8 Å². The highest BCUT2D eigenvalue weighted by Crippen LogP contribution is 2.39. The number of ether oxygens (including phenoxy) is 1. The lowest BCUT2D eigenvalue weighted by Gasteiger charge is -2.15. The summed E-state index contributed by atoms with van der Waals surface area (Å²) < 4.78 is 10.7. The van der Waals surface area contributed by atoms with E-state index >= 15 is 0 Å². The number of methoxy groups -OCH3 is 1. The van der Waals surface area contributed by atoms with Crippen LogP contribution in [0.15, 0.2) is 16.5 Å². The first kappa shape index (κ1) is 14.6. The van der Waals surface area contributed by atoms with Crippen LogP contribution >= 0.6 is 0 Å². The number of aliphatic carboxylic acids is 1. The Labute approximate surface area is 117 Å². The lowest BCUT2D eigenvalue weighted by atomic mass is 10.2. The van der Waals surface area contributed by atoms with Crippen LogP contribution in [0.25, 0.3) is 0 Å². The van der Waals surface area contributed by atoms with Crippen LogP contribution in [0.4, 0.5) is 0 Å². The van der Waals surface area contributed by atoms with Crippen molar-refractivity contribution in [2.75, 3.05) is 13.7 Å². The maximum absolute atomic E-state index is 12.0. The lowest BCUT2D eigenvalue weighted by Crippen LogP contribution is -2.33. The molecule has 0 radical (unpaired) electrons. The predicted molar refractivity (Wildman–Crippen MR) is 70.1 cm³/mol. The van der Waals surface area contributed by atoms with Crippen LogP contribution in [-0.2, 0) is 20.7 Å². The molecule has 0 aromatic carbocycles. The summed E-state index contributed by atoms with van der Waals surface area (Å²) in [5.74, 6) is -0.697. The van der Waals surface area contributed by atoms with Gasteiger partial charge in [-0.1, -0.05) is 6.92 Å². The molecule has 0 bridgehead atoms. The summed E-state index contributed by atoms with van der Waals surface area (Å²) in [5.41, 5.74) is 0. The number of rotatable bonds is 7. The van der Waals surface area contributed by atoms with Gasteiger partial charge in [0, 0.05) is 13.5 Å². The van der Waals surface area contributed by atoms with E-state index in [2.05, 4.69) is 5.32 Å². The topological polar surface area (TPSA) is 88.8 Å². The smallest absolute Gasteiger partial charge is 0.307 e. The van der Waals surface area contributed by atoms with Gasteiger partial charge in [-0.05, 0) is 18.6 Å². The van der Waals surface area contributed by atoms with E-state index in [9.17, 15) is 9.59 Å². The third-order valence-electron chi connectivity index (χ3n) is 3.47. The van der Waals surface area contributed by atoms with Gasteiger partial charge in [0.15, 0.2) is 0 Å². The van der Waals surface area contributed by atoms with Crippen molar-refractivity contribution >= 4 is 11.9 Å². The maximum Gasteiger partial charge on any atom is 0.307 e. The Kier molecular flexibility index (Phi) is 4.44. The molecule has 0 unspecified atom stereocenters. The van der Waals surface area contributed by atoms with Gasteiger partial charge >= 0.3 is 5.97 Å². The first-order valence-electron chi connectivity index (χ1n) is 6.67. The minimum Gasteiger partial charge on any atom is -0.481 e. The van der Waals surface area contributed by atoms with E-state index < -0.39 is 17.8 Å². The van der Waals surface area contributed by atoms with Crippen molar-refractivity contribution in [3.8, 4) is 0 Å². The second kappa shape index (κ2) is 6.09. The van der Waals surface area contributed by atoms with Crippen molar-refractivity contribution in [2.24, 2.45) is 11.8 Å². The molecule has 0 spiro atoms. The number of carbonyl (C=O) groups is 2. The van der Waals surface area contributed by atoms with Gasteiger partial charge in [-0.25, -0.2) is 0 Å². The number of furan rings is 1. The zero-order valence-corrected chi connectivity index (χ0v) is 11.6. The van der Waals surface area contributed by atoms with Gasteiger partial charge in [0.25, 0.3) is 0 Å². The second-order valence-electron chi connectivity index (χ2n) is 4.96. The van der Waals surface area contributed by atoms with Crippen molar-refractivity contribution in [1.82, 2.24) is 5.32 Å². The van der Waals surface area contributed by atoms with Crippen LogP contribution in [-0.4, -0.2) is 30.7 Å². The maximum atomic E-state index is 12.0. The van der Waals surface area contributed by atoms with Gasteiger partial charge in [0.1, 0.15) is 17.6 Å². The molecule has 1 amide bonds. The van der Waals surface area contributed by atoms with Gasteiger partial charge in [0.05, 0.1) is 18.4 Å². The highest BCUT2D eigenvalue weighted by Gasteiger charge is 2.48. The van der Waals surface area contributed by atoms with Crippen LogP contribution < -0.4 is 5.32 Å². The molecule has 1 aliphatic rings. The van der Waals surface area contributed by atoms with Crippen LogP contribution in [0, 0.1) is 11.8 Å². The number of carboxylic acid groups (broad SMARTS) is 1. The summed E-state index contributed by atoms with van der Waals surface area (Å²) in [5, 5.41) is 11.6. The molecule has 2 rings (SSSR count). The van der Waals surface area contributed by atoms with Gasteiger partial charge in [-0.3, -0.25) is 9.59 Å². The van der Waals surface area contributed by atoms with E-state index in [-0.39, 0.29) is 18.6 Å². The van der Waals surface area contributed by atoms with E-state index in [0.29, 0.717) is 12.2 Å². The fourth-order valence-electron chi connectivity index (χ4n) is 2.17. The summed E-state index contributed by atoms with van der Waals surface area (Å²) in [6, 6.07) is 3.29. The molecule has 1 heterocycles. The monoisotopic (exact) mass is 281 g/mol. The van der Waals surface area contributed by atoms with Gasteiger partial charge in [0.2, 0.25) is 5.91 Å². The second-order valence-corrected chi connectivity index (χ2v) is 4.96. The van der Waals surface area contributed by atoms with Crippen LogP contribution in [0.2, 0.25) is 0 Å². The van der Waals surface area contributed by atoms with Crippen molar-refractivity contribution < 1.29 is 23.8 Å². The molecule has 1 aromatic heterocycles. The molecule has 6 heteroatoms. The first-order chi connectivity index (χ1) is 9.56. The summed E-state index contributed by atoms with van der Waals surface area (Å²) in [4.78, 5) is 22.8. The number of carbonyl (C=O) groups excluding carboxylic acids is 1. The van der Waals surface area contributed by atoms with Gasteiger partial charge in [-0.15, -0.1) is 0 Å². The van der Waals surface area contributed by atoms with E-state index in [1.807, 2.05) is 19.1 Å². The molecule has 1 saturated carbocycles. The summed E-state index contributed by atoms with van der Waals surface area (Å²) >= 11 is 0. The summed E-state index contributed by atoms with van der Waals surface area (Å²) in [7, 11) is 1.54. The molecule has 1 fully saturated rings. The molecule has 1 aromatic rings. The molecule has 3 atom stereocenters. The van der Waals surface area contributed by atoms with Crippen molar-refractivity contribution in [3.63, 3.8) is 0 Å². The molecule has 1 aliphatic carbocycles. The minimum absolute atomic E-state index is 0.256. The Morgan fingerprint density at radius 3 is 2.75 bits per heavy atom. The SMILES string of the molecule is CCc1ccc([C@H](COC)NC(=O)[C@@H]2C[C@@H]2C(=O)O)o1. The summed E-state index contributed by atoms with van der Waals surface area (Å²) in [6.07, 6.45) is 1.18. The third kappa shape index (κ3) is 3.19. The third-order valence-corrected chi connectivity index (χ3v) is 3.47. The molecular weight excluding hydrogens is 262 g/mol. The molecule has 2 N–H and O–H groups in total. The Bertz CT molecular complexity index is 496. The Morgan fingerprint density at radius 2 is 2.25 bits per heavy atom. The predicted octanol–water partition coefficient (Wildman–Crippen LogP) is 1.37. The lowest BCUT2D eigenvalue weighted by molar-refractivity contribution is -0.140. The highest BCUT2D eigenvalue weighted by atomic mass is 16.5. The van der Waals surface area contributed by atoms with E-state index in [4.69, 9.17) is 14.3 Å². The van der Waals surface area contributed by atoms with E-state index in [1.54, 1.807) is 7.11 Å². The number of nitrogens with one attached hydrogen (secondary N) is 1. The first-order valence-corrected chi connectivity index (χ1v) is 6.67. The largest absolute Gasteiger partial charge is 0.481 e. The molecule has 0 saturated heterocycles. The number of carboxylic acids is 1. The molecule has 110 valence electrons. The van der Waals surface area contributed by atoms with Crippen molar-refractivity contribution in [3.05, 3.63) is 23.7 Å². The normalized spacial score (nSPS) is 22.3. The minimum atomic E-state index is -0.917. The van der Waals surface area contributed by atoms with Crippen LogP contribution in [0.5, 0.6) is 0 Å². The average Bonchev–Trinajstić information content (AvgIpc) is 3.09. The number of hydrogen-bond acceptors (Lipinski definition) is 4. The van der Waals surface area contributed by atoms with Crippen LogP contribution in [0.3, 0.4) is 0 Å². The molecule has 20 heavy (non-hydrogen) atoms. The fourth-order valence-corrected chi connectivity index (χ4v) is 2.17. The Morgan fingerprint density at radius 1 is 1.50 bits per heavy atom. The average molecular weight is 281 g/mol. The Hall–Kier alpha value is -1.82. The Balaban J connectivity index is 1.99. The van der Waals surface area contributed by atoms with E-state index in [1.165, 1.54) is 0 Å². The zero-order valence-electron chi connectivity index (χ0n) is 11.6. The van der Waals surface area contributed by atoms with E-state index in [0.717, 1.165) is 12.2 Å². The summed E-state index contributed by atoms with van der Waals surface area (Å²) in [6.45, 7) is 2.26. The van der Waals surface area contributed by atoms with Crippen molar-refractivity contribution in [1.29, 1.82) is 0 Å². The quantitative estimate of drug-likeness (QED) is 0.788. The fraction of sp³-hybridized carbons (Fsp3) is 0.571. The van der Waals surface area contributed by atoms with Gasteiger partial charge < -0.3 is 19.6 Å². The zero-order chi connectivity index (χ0) is 14.7. The number of aryl methyl sites for hydroxylation is 1. The molecule has 0 aliphatic heterocycles. The van der Waals surface area contributed by atoms with Crippen LogP contribution in [0.1, 0.15) is 30.9 Å². The standard InChI is InChI=1S/C14H19NO5/c1-3-8-4-5-12(20-8)11(7-19-2)15-13(16)9-6-10(9)14(17)18/h4-5,9-11H,3,6-7H2,1-2H3,(H,15,16)(H,17,18)/t9-,10+,11+/m1/s1. The number of hydrogen-bond donors (Lipinski definition) is 2.